The van der Waals surface area contributed by atoms with Crippen molar-refractivity contribution in [3.63, 3.8) is 0 Å². The standard InChI is InChI=1S/C24H35N5O3/c1-4-7-22(28-5-2)23(30)16-31-12-6-13-32-24-18(10-11-27-17-26-3)8-9-21-20(24)14-19(25)15-29-21/h8-9,11,14-15,17,22,28H,4-7,10,12-13,16,25H2,1-3H3. The molecule has 0 fully saturated rings. The summed E-state index contributed by atoms with van der Waals surface area (Å²) in [6.45, 7) is 5.87. The number of ketones is 1. The molecule has 1 atom stereocenters. The Hall–Kier alpha value is -2.84. The number of aliphatic imine (C=N–C) groups is 2. The summed E-state index contributed by atoms with van der Waals surface area (Å²) in [7, 11) is 1.68. The average molecular weight is 442 g/mol. The lowest BCUT2D eigenvalue weighted by atomic mass is 10.1. The Labute approximate surface area is 190 Å². The van der Waals surface area contributed by atoms with Crippen LogP contribution >= 0.6 is 0 Å². The first-order chi connectivity index (χ1) is 15.6. The molecule has 0 spiro atoms. The van der Waals surface area contributed by atoms with Crippen LogP contribution in [0.4, 0.5) is 5.69 Å². The van der Waals surface area contributed by atoms with Gasteiger partial charge < -0.3 is 20.5 Å². The molecule has 1 aromatic heterocycles. The topological polar surface area (TPSA) is 111 Å². The second-order valence-electron chi connectivity index (χ2n) is 7.42. The van der Waals surface area contributed by atoms with Gasteiger partial charge in [-0.15, -0.1) is 0 Å². The van der Waals surface area contributed by atoms with Crippen molar-refractivity contribution in [1.82, 2.24) is 10.3 Å². The van der Waals surface area contributed by atoms with Crippen LogP contribution in [0, 0.1) is 0 Å². The SMILES string of the molecule is CCCC(NCC)C(=O)COCCCOc1c(CC=NC=NC)ccc2ncc(N)cc12. The number of Topliss-reactive ketones (excluding diaryl/α,β-unsaturated/α-hetero) is 1. The van der Waals surface area contributed by atoms with E-state index in [-0.39, 0.29) is 18.4 Å². The fraction of sp³-hybridized carbons (Fsp3) is 0.500. The van der Waals surface area contributed by atoms with Crippen molar-refractivity contribution >= 4 is 34.9 Å². The van der Waals surface area contributed by atoms with E-state index < -0.39 is 0 Å². The number of nitrogen functional groups attached to an aromatic ring is 1. The quantitative estimate of drug-likeness (QED) is 0.249. The fourth-order valence-corrected chi connectivity index (χ4v) is 3.35. The van der Waals surface area contributed by atoms with Crippen molar-refractivity contribution in [2.45, 2.75) is 45.6 Å². The predicted molar refractivity (Wildman–Crippen MR) is 131 cm³/mol. The first-order valence-corrected chi connectivity index (χ1v) is 11.2. The highest BCUT2D eigenvalue weighted by Gasteiger charge is 2.16. The maximum absolute atomic E-state index is 12.3. The number of nitrogens with two attached hydrogens (primary N) is 1. The lowest BCUT2D eigenvalue weighted by Crippen LogP contribution is -2.38. The van der Waals surface area contributed by atoms with Crippen molar-refractivity contribution < 1.29 is 14.3 Å². The zero-order valence-corrected chi connectivity index (χ0v) is 19.3. The minimum atomic E-state index is -0.128. The number of likely N-dealkylation sites (N-methyl/N-ethyl adjacent to an activating group) is 1. The number of fused-ring (bicyclic) bond motifs is 1. The number of carbonyl (C=O) groups is 1. The first-order valence-electron chi connectivity index (χ1n) is 11.2. The summed E-state index contributed by atoms with van der Waals surface area (Å²) in [6, 6.07) is 5.68. The maximum Gasteiger partial charge on any atom is 0.175 e. The Morgan fingerprint density at radius 3 is 2.91 bits per heavy atom. The lowest BCUT2D eigenvalue weighted by Gasteiger charge is -2.16. The van der Waals surface area contributed by atoms with Crippen molar-refractivity contribution in [2.75, 3.05) is 39.1 Å². The number of carbonyl (C=O) groups excluding carboxylic acids is 1. The van der Waals surface area contributed by atoms with Gasteiger partial charge in [0.15, 0.2) is 5.78 Å². The fourth-order valence-electron chi connectivity index (χ4n) is 3.35. The van der Waals surface area contributed by atoms with E-state index in [0.29, 0.717) is 31.7 Å². The maximum atomic E-state index is 12.3. The first kappa shape index (κ1) is 25.4. The molecule has 8 nitrogen and oxygen atoms in total. The molecular weight excluding hydrogens is 406 g/mol. The summed E-state index contributed by atoms with van der Waals surface area (Å²) in [4.78, 5) is 24.7. The van der Waals surface area contributed by atoms with Crippen molar-refractivity contribution in [3.8, 4) is 5.75 Å². The zero-order chi connectivity index (χ0) is 23.2. The highest BCUT2D eigenvalue weighted by Crippen LogP contribution is 2.30. The Bertz CT molecular complexity index is 908. The summed E-state index contributed by atoms with van der Waals surface area (Å²) in [5.74, 6) is 0.843. The molecule has 0 radical (unpaired) electrons. The van der Waals surface area contributed by atoms with Gasteiger partial charge in [-0.1, -0.05) is 26.3 Å². The number of ether oxygens (including phenoxy) is 2. The number of nitrogens with one attached hydrogen (secondary N) is 1. The smallest absolute Gasteiger partial charge is 0.175 e. The molecule has 0 aliphatic rings. The van der Waals surface area contributed by atoms with Gasteiger partial charge in [0, 0.05) is 37.1 Å². The van der Waals surface area contributed by atoms with Crippen LogP contribution < -0.4 is 15.8 Å². The molecular formula is C24H35N5O3. The third-order valence-electron chi connectivity index (χ3n) is 4.86. The molecule has 3 N–H and O–H groups in total. The van der Waals surface area contributed by atoms with Gasteiger partial charge in [0.05, 0.1) is 36.7 Å². The van der Waals surface area contributed by atoms with Gasteiger partial charge in [-0.25, -0.2) is 4.99 Å². The van der Waals surface area contributed by atoms with E-state index in [0.717, 1.165) is 41.6 Å². The molecule has 0 aliphatic carbocycles. The summed E-state index contributed by atoms with van der Waals surface area (Å²) < 4.78 is 11.7. The third kappa shape index (κ3) is 8.01. The molecule has 0 amide bonds. The Morgan fingerprint density at radius 1 is 1.31 bits per heavy atom. The molecule has 8 heteroatoms. The van der Waals surface area contributed by atoms with Gasteiger partial charge in [0.25, 0.3) is 0 Å². The van der Waals surface area contributed by atoms with Crippen LogP contribution in [0.3, 0.4) is 0 Å². The zero-order valence-electron chi connectivity index (χ0n) is 19.3. The summed E-state index contributed by atoms with van der Waals surface area (Å²) in [5.41, 5.74) is 8.34. The highest BCUT2D eigenvalue weighted by molar-refractivity contribution is 5.90. The number of aromatic nitrogens is 1. The van der Waals surface area contributed by atoms with E-state index in [4.69, 9.17) is 15.2 Å². The number of rotatable bonds is 15. The molecule has 32 heavy (non-hydrogen) atoms. The van der Waals surface area contributed by atoms with Crippen LogP contribution in [-0.2, 0) is 16.0 Å². The normalized spacial score (nSPS) is 12.7. The van der Waals surface area contributed by atoms with E-state index in [9.17, 15) is 4.79 Å². The number of anilines is 1. The molecule has 0 aliphatic heterocycles. The van der Waals surface area contributed by atoms with E-state index in [1.807, 2.05) is 25.1 Å². The van der Waals surface area contributed by atoms with E-state index in [1.165, 1.54) is 6.34 Å². The average Bonchev–Trinajstić information content (AvgIpc) is 2.79. The van der Waals surface area contributed by atoms with Gasteiger partial charge in [-0.2, -0.15) is 0 Å². The van der Waals surface area contributed by atoms with Crippen LogP contribution in [0.15, 0.2) is 34.4 Å². The molecule has 174 valence electrons. The predicted octanol–water partition coefficient (Wildman–Crippen LogP) is 3.22. The second kappa shape index (κ2) is 14.3. The third-order valence-corrected chi connectivity index (χ3v) is 4.86. The van der Waals surface area contributed by atoms with Crippen LogP contribution in [0.5, 0.6) is 5.75 Å². The number of pyridine rings is 1. The van der Waals surface area contributed by atoms with Crippen molar-refractivity contribution in [3.05, 3.63) is 30.0 Å². The Kier molecular flexibility index (Phi) is 11.3. The molecule has 1 unspecified atom stereocenters. The number of benzene rings is 1. The second-order valence-corrected chi connectivity index (χ2v) is 7.42. The van der Waals surface area contributed by atoms with Crippen molar-refractivity contribution in [2.24, 2.45) is 9.98 Å². The molecule has 0 saturated carbocycles. The lowest BCUT2D eigenvalue weighted by molar-refractivity contribution is -0.125. The molecule has 2 aromatic rings. The largest absolute Gasteiger partial charge is 0.492 e. The summed E-state index contributed by atoms with van der Waals surface area (Å²) in [6.07, 6.45) is 7.96. The number of hydrogen-bond acceptors (Lipinski definition) is 7. The van der Waals surface area contributed by atoms with E-state index in [1.54, 1.807) is 19.5 Å². The number of hydrogen-bond donors (Lipinski definition) is 2. The molecule has 2 rings (SSSR count). The van der Waals surface area contributed by atoms with Gasteiger partial charge in [0.2, 0.25) is 0 Å². The molecule has 0 bridgehead atoms. The van der Waals surface area contributed by atoms with E-state index >= 15 is 0 Å². The van der Waals surface area contributed by atoms with Crippen LogP contribution in [0.1, 0.15) is 38.7 Å². The van der Waals surface area contributed by atoms with Gasteiger partial charge in [-0.3, -0.25) is 14.8 Å². The highest BCUT2D eigenvalue weighted by atomic mass is 16.5. The van der Waals surface area contributed by atoms with Gasteiger partial charge in [-0.05, 0) is 25.1 Å². The number of nitrogens with zero attached hydrogens (tertiary/aromatic N) is 3. The van der Waals surface area contributed by atoms with Crippen molar-refractivity contribution in [1.29, 1.82) is 0 Å². The summed E-state index contributed by atoms with van der Waals surface area (Å²) in [5, 5.41) is 4.09. The van der Waals surface area contributed by atoms with Crippen LogP contribution in [-0.4, -0.2) is 62.8 Å². The van der Waals surface area contributed by atoms with Gasteiger partial charge in [0.1, 0.15) is 18.7 Å². The van der Waals surface area contributed by atoms with Gasteiger partial charge >= 0.3 is 0 Å². The van der Waals surface area contributed by atoms with Crippen LogP contribution in [0.2, 0.25) is 0 Å². The monoisotopic (exact) mass is 441 g/mol. The Morgan fingerprint density at radius 2 is 2.16 bits per heavy atom. The Balaban J connectivity index is 1.94. The summed E-state index contributed by atoms with van der Waals surface area (Å²) >= 11 is 0. The molecule has 0 saturated heterocycles. The minimum absolute atomic E-state index is 0.0995. The van der Waals surface area contributed by atoms with E-state index in [2.05, 4.69) is 27.2 Å². The van der Waals surface area contributed by atoms with Crippen LogP contribution in [0.25, 0.3) is 10.9 Å². The minimum Gasteiger partial charge on any atom is -0.492 e. The molecule has 1 aromatic carbocycles. The molecule has 1 heterocycles.